The van der Waals surface area contributed by atoms with Crippen molar-refractivity contribution < 1.29 is 0 Å². The van der Waals surface area contributed by atoms with Gasteiger partial charge in [0.1, 0.15) is 0 Å². The van der Waals surface area contributed by atoms with Crippen molar-refractivity contribution in [2.24, 2.45) is 5.92 Å². The molecule has 0 saturated carbocycles. The highest BCUT2D eigenvalue weighted by Gasteiger charge is 2.08. The Morgan fingerprint density at radius 1 is 1.28 bits per heavy atom. The average molecular weight is 330 g/mol. The number of nitrogens with one attached hydrogen (secondary N) is 1. The third kappa shape index (κ3) is 4.94. The maximum Gasteiger partial charge on any atom is 0.0314 e. The van der Waals surface area contributed by atoms with E-state index in [2.05, 4.69) is 67.1 Å². The van der Waals surface area contributed by atoms with Crippen molar-refractivity contribution in [3.05, 3.63) is 28.2 Å². The molecule has 0 amide bonds. The van der Waals surface area contributed by atoms with Gasteiger partial charge >= 0.3 is 0 Å². The molecule has 0 spiro atoms. The van der Waals surface area contributed by atoms with Gasteiger partial charge in [-0.3, -0.25) is 0 Å². The molecule has 0 aliphatic heterocycles. The Labute approximate surface area is 124 Å². The summed E-state index contributed by atoms with van der Waals surface area (Å²) in [5.41, 5.74) is 1.34. The van der Waals surface area contributed by atoms with Crippen molar-refractivity contribution in [2.75, 3.05) is 12.3 Å². The Balaban J connectivity index is 2.67. The van der Waals surface area contributed by atoms with Crippen LogP contribution in [0.2, 0.25) is 0 Å². The minimum atomic E-state index is 0.417. The maximum absolute atomic E-state index is 3.69. The molecule has 2 unspecified atom stereocenters. The van der Waals surface area contributed by atoms with Crippen LogP contribution in [0.3, 0.4) is 0 Å². The molecular weight excluding hydrogens is 306 g/mol. The van der Waals surface area contributed by atoms with Gasteiger partial charge in [0.05, 0.1) is 0 Å². The zero-order chi connectivity index (χ0) is 13.5. The Kier molecular flexibility index (Phi) is 7.35. The maximum atomic E-state index is 3.69. The van der Waals surface area contributed by atoms with Gasteiger partial charge in [-0.2, -0.15) is 0 Å². The lowest BCUT2D eigenvalue weighted by atomic mass is 10.1. The highest BCUT2D eigenvalue weighted by molar-refractivity contribution is 9.10. The number of rotatable bonds is 7. The van der Waals surface area contributed by atoms with Crippen LogP contribution in [-0.4, -0.2) is 12.3 Å². The fourth-order valence-electron chi connectivity index (χ4n) is 1.68. The first-order valence-corrected chi connectivity index (χ1v) is 8.51. The zero-order valence-corrected chi connectivity index (χ0v) is 14.2. The van der Waals surface area contributed by atoms with Crippen LogP contribution in [0.25, 0.3) is 0 Å². The second-order valence-electron chi connectivity index (χ2n) is 4.79. The molecule has 0 fully saturated rings. The van der Waals surface area contributed by atoms with Gasteiger partial charge in [-0.05, 0) is 53.0 Å². The molecule has 2 atom stereocenters. The fraction of sp³-hybridized carbons (Fsp3) is 0.600. The van der Waals surface area contributed by atoms with E-state index >= 15 is 0 Å². The van der Waals surface area contributed by atoms with E-state index in [1.165, 1.54) is 27.1 Å². The van der Waals surface area contributed by atoms with Gasteiger partial charge < -0.3 is 5.32 Å². The van der Waals surface area contributed by atoms with E-state index in [1.54, 1.807) is 0 Å². The van der Waals surface area contributed by atoms with Crippen molar-refractivity contribution in [3.8, 4) is 0 Å². The summed E-state index contributed by atoms with van der Waals surface area (Å²) in [5.74, 6) is 1.97. The molecule has 0 aromatic heterocycles. The molecule has 1 N–H and O–H groups in total. The van der Waals surface area contributed by atoms with Gasteiger partial charge in [-0.1, -0.05) is 33.3 Å². The number of halogens is 1. The van der Waals surface area contributed by atoms with Crippen LogP contribution in [-0.2, 0) is 0 Å². The first kappa shape index (κ1) is 16.1. The Morgan fingerprint density at radius 3 is 2.56 bits per heavy atom. The predicted octanol–water partition coefficient (Wildman–Crippen LogP) is 5.26. The lowest BCUT2D eigenvalue weighted by Crippen LogP contribution is -2.17. The predicted molar refractivity (Wildman–Crippen MR) is 86.4 cm³/mol. The topological polar surface area (TPSA) is 12.0 Å². The van der Waals surface area contributed by atoms with Gasteiger partial charge in [0, 0.05) is 21.2 Å². The first-order valence-electron chi connectivity index (χ1n) is 6.74. The quantitative estimate of drug-likeness (QED) is 0.685. The molecule has 0 saturated heterocycles. The van der Waals surface area contributed by atoms with E-state index in [0.717, 1.165) is 12.5 Å². The lowest BCUT2D eigenvalue weighted by molar-refractivity contribution is 0.597. The summed E-state index contributed by atoms with van der Waals surface area (Å²) in [4.78, 5) is 1.35. The molecule has 0 radical (unpaired) electrons. The molecular formula is C15H24BrNS. The van der Waals surface area contributed by atoms with Crippen molar-refractivity contribution in [2.45, 2.75) is 45.1 Å². The zero-order valence-electron chi connectivity index (χ0n) is 11.8. The van der Waals surface area contributed by atoms with Crippen LogP contribution in [0, 0.1) is 5.92 Å². The van der Waals surface area contributed by atoms with Crippen molar-refractivity contribution >= 4 is 27.7 Å². The third-order valence-electron chi connectivity index (χ3n) is 3.19. The van der Waals surface area contributed by atoms with E-state index in [9.17, 15) is 0 Å². The van der Waals surface area contributed by atoms with E-state index < -0.39 is 0 Å². The van der Waals surface area contributed by atoms with Crippen molar-refractivity contribution in [1.82, 2.24) is 5.32 Å². The summed E-state index contributed by atoms with van der Waals surface area (Å²) in [7, 11) is 0. The number of hydrogen-bond donors (Lipinski definition) is 1. The highest BCUT2D eigenvalue weighted by Crippen LogP contribution is 2.31. The van der Waals surface area contributed by atoms with Crippen LogP contribution in [0.1, 0.15) is 45.7 Å². The standard InChI is InChI=1S/C15H24BrNS/c1-5-11(3)10-18-15-8-7-13(9-14(15)16)12(4)17-6-2/h7-9,11-12,17H,5-6,10H2,1-4H3. The molecule has 3 heteroatoms. The van der Waals surface area contributed by atoms with Crippen molar-refractivity contribution in [3.63, 3.8) is 0 Å². The molecule has 18 heavy (non-hydrogen) atoms. The molecule has 102 valence electrons. The smallest absolute Gasteiger partial charge is 0.0314 e. The number of thioether (sulfide) groups is 1. The van der Waals surface area contributed by atoms with Gasteiger partial charge in [-0.15, -0.1) is 11.8 Å². The molecule has 0 aliphatic rings. The van der Waals surface area contributed by atoms with Crippen molar-refractivity contribution in [1.29, 1.82) is 0 Å². The summed E-state index contributed by atoms with van der Waals surface area (Å²) >= 11 is 5.64. The van der Waals surface area contributed by atoms with Gasteiger partial charge in [0.2, 0.25) is 0 Å². The van der Waals surface area contributed by atoms with Crippen LogP contribution < -0.4 is 5.32 Å². The molecule has 0 bridgehead atoms. The summed E-state index contributed by atoms with van der Waals surface area (Å²) in [6, 6.07) is 7.13. The Bertz CT molecular complexity index is 368. The number of benzene rings is 1. The third-order valence-corrected chi connectivity index (χ3v) is 5.51. The summed E-state index contributed by atoms with van der Waals surface area (Å²) in [5, 5.41) is 3.44. The highest BCUT2D eigenvalue weighted by atomic mass is 79.9. The second kappa shape index (κ2) is 8.23. The first-order chi connectivity index (χ1) is 8.58. The molecule has 1 rings (SSSR count). The summed E-state index contributed by atoms with van der Waals surface area (Å²) in [6.07, 6.45) is 1.25. The van der Waals surface area contributed by atoms with Gasteiger partial charge in [0.25, 0.3) is 0 Å². The van der Waals surface area contributed by atoms with Crippen LogP contribution >= 0.6 is 27.7 Å². The molecule has 1 nitrogen and oxygen atoms in total. The Morgan fingerprint density at radius 2 is 2.00 bits per heavy atom. The molecule has 0 aliphatic carbocycles. The molecule has 1 aromatic rings. The van der Waals surface area contributed by atoms with Crippen LogP contribution in [0.5, 0.6) is 0 Å². The largest absolute Gasteiger partial charge is 0.310 e. The molecule has 0 heterocycles. The summed E-state index contributed by atoms with van der Waals surface area (Å²) in [6.45, 7) is 9.91. The molecule has 1 aromatic carbocycles. The average Bonchev–Trinajstić information content (AvgIpc) is 2.37. The van der Waals surface area contributed by atoms with E-state index in [-0.39, 0.29) is 0 Å². The summed E-state index contributed by atoms with van der Waals surface area (Å²) < 4.78 is 1.22. The van der Waals surface area contributed by atoms with E-state index in [4.69, 9.17) is 0 Å². The minimum Gasteiger partial charge on any atom is -0.310 e. The monoisotopic (exact) mass is 329 g/mol. The normalized spacial score (nSPS) is 14.5. The minimum absolute atomic E-state index is 0.417. The second-order valence-corrected chi connectivity index (χ2v) is 6.71. The van der Waals surface area contributed by atoms with Gasteiger partial charge in [0.15, 0.2) is 0 Å². The fourth-order valence-corrected chi connectivity index (χ4v) is 3.48. The van der Waals surface area contributed by atoms with E-state index in [0.29, 0.717) is 6.04 Å². The number of hydrogen-bond acceptors (Lipinski definition) is 2. The van der Waals surface area contributed by atoms with Crippen LogP contribution in [0.4, 0.5) is 0 Å². The lowest BCUT2D eigenvalue weighted by Gasteiger charge is -2.15. The van der Waals surface area contributed by atoms with Crippen LogP contribution in [0.15, 0.2) is 27.6 Å². The van der Waals surface area contributed by atoms with E-state index in [1.807, 2.05) is 11.8 Å². The Hall–Kier alpha value is 0.01000. The SMILES string of the molecule is CCNC(C)c1ccc(SCC(C)CC)c(Br)c1. The van der Waals surface area contributed by atoms with Gasteiger partial charge in [-0.25, -0.2) is 0 Å².